The van der Waals surface area contributed by atoms with Gasteiger partial charge in [0.2, 0.25) is 0 Å². The van der Waals surface area contributed by atoms with Gasteiger partial charge in [0.25, 0.3) is 0 Å². The molecule has 3 aromatic rings. The molecule has 0 aliphatic heterocycles. The molecule has 2 aromatic carbocycles. The fourth-order valence-electron chi connectivity index (χ4n) is 2.08. The van der Waals surface area contributed by atoms with Crippen LogP contribution in [0.3, 0.4) is 0 Å². The van der Waals surface area contributed by atoms with Crippen LogP contribution >= 0.6 is 15.9 Å². The predicted octanol–water partition coefficient (Wildman–Crippen LogP) is 5.74. The highest BCUT2D eigenvalue weighted by atomic mass is 79.9. The smallest absolute Gasteiger partial charge is 0.185 e. The van der Waals surface area contributed by atoms with Gasteiger partial charge < -0.3 is 4.42 Å². The summed E-state index contributed by atoms with van der Waals surface area (Å²) in [5.41, 5.74) is 1.39. The zero-order valence-electron chi connectivity index (χ0n) is 12.0. The summed E-state index contributed by atoms with van der Waals surface area (Å²) in [5, 5.41) is 0. The molecule has 0 unspecified atom stereocenters. The summed E-state index contributed by atoms with van der Waals surface area (Å²) in [5.74, 6) is 0.743. The topological polar surface area (TPSA) is 30.2 Å². The average Bonchev–Trinajstić information content (AvgIpc) is 3.03. The highest BCUT2D eigenvalue weighted by Crippen LogP contribution is 2.24. The molecule has 0 atom stereocenters. The number of hydrogen-bond donors (Lipinski definition) is 0. The van der Waals surface area contributed by atoms with E-state index in [-0.39, 0.29) is 11.6 Å². The number of hydrogen-bond acceptors (Lipinski definition) is 2. The summed E-state index contributed by atoms with van der Waals surface area (Å²) >= 11 is 3.39. The van der Waals surface area contributed by atoms with Gasteiger partial charge in [-0.2, -0.15) is 0 Å². The van der Waals surface area contributed by atoms with E-state index in [1.807, 2.05) is 30.3 Å². The minimum absolute atomic E-state index is 0.202. The van der Waals surface area contributed by atoms with Gasteiger partial charge in [0.1, 0.15) is 17.3 Å². The molecule has 0 aliphatic rings. The summed E-state index contributed by atoms with van der Waals surface area (Å²) in [7, 11) is 0. The third-order valence-electron chi connectivity index (χ3n) is 3.28. The predicted molar refractivity (Wildman–Crippen MR) is 91.6 cm³/mol. The first-order valence-electron chi connectivity index (χ1n) is 6.95. The van der Waals surface area contributed by atoms with Gasteiger partial charge in [-0.3, -0.25) is 4.79 Å². The van der Waals surface area contributed by atoms with Crippen LogP contribution in [-0.4, -0.2) is 5.78 Å². The SMILES string of the molecule is O=C(C=Cc1ccc(-c2ccc(Br)cc2)o1)c1ccc(F)cc1. The summed E-state index contributed by atoms with van der Waals surface area (Å²) < 4.78 is 19.5. The van der Waals surface area contributed by atoms with Gasteiger partial charge in [0.05, 0.1) is 0 Å². The molecule has 3 rings (SSSR count). The number of ketones is 1. The maximum Gasteiger partial charge on any atom is 0.185 e. The number of furan rings is 1. The molecular weight excluding hydrogens is 359 g/mol. The summed E-state index contributed by atoms with van der Waals surface area (Å²) in [6, 6.07) is 16.8. The fraction of sp³-hybridized carbons (Fsp3) is 0. The first-order chi connectivity index (χ1) is 11.1. The third-order valence-corrected chi connectivity index (χ3v) is 3.81. The second-order valence-corrected chi connectivity index (χ2v) is 5.83. The Morgan fingerprint density at radius 2 is 1.65 bits per heavy atom. The van der Waals surface area contributed by atoms with Crippen molar-refractivity contribution >= 4 is 27.8 Å². The van der Waals surface area contributed by atoms with E-state index in [9.17, 15) is 9.18 Å². The van der Waals surface area contributed by atoms with E-state index in [0.29, 0.717) is 11.3 Å². The maximum absolute atomic E-state index is 12.8. The van der Waals surface area contributed by atoms with Crippen LogP contribution in [-0.2, 0) is 0 Å². The van der Waals surface area contributed by atoms with E-state index in [1.54, 1.807) is 12.1 Å². The Hall–Kier alpha value is -2.46. The van der Waals surface area contributed by atoms with E-state index < -0.39 is 0 Å². The van der Waals surface area contributed by atoms with Crippen LogP contribution < -0.4 is 0 Å². The van der Waals surface area contributed by atoms with Crippen LogP contribution in [0.1, 0.15) is 16.1 Å². The van der Waals surface area contributed by atoms with E-state index >= 15 is 0 Å². The molecule has 2 nitrogen and oxygen atoms in total. The van der Waals surface area contributed by atoms with Gasteiger partial charge in [-0.1, -0.05) is 28.1 Å². The second-order valence-electron chi connectivity index (χ2n) is 4.91. The minimum Gasteiger partial charge on any atom is -0.457 e. The van der Waals surface area contributed by atoms with E-state index in [2.05, 4.69) is 15.9 Å². The van der Waals surface area contributed by atoms with Gasteiger partial charge in [0.15, 0.2) is 5.78 Å². The van der Waals surface area contributed by atoms with E-state index in [4.69, 9.17) is 4.42 Å². The third kappa shape index (κ3) is 3.85. The molecule has 0 fully saturated rings. The van der Waals surface area contributed by atoms with E-state index in [0.717, 1.165) is 15.8 Å². The van der Waals surface area contributed by atoms with Crippen molar-refractivity contribution in [3.05, 3.63) is 88.4 Å². The number of carbonyl (C=O) groups is 1. The van der Waals surface area contributed by atoms with Crippen molar-refractivity contribution in [2.24, 2.45) is 0 Å². The second kappa shape index (κ2) is 6.75. The summed E-state index contributed by atoms with van der Waals surface area (Å²) in [6.07, 6.45) is 3.02. The summed E-state index contributed by atoms with van der Waals surface area (Å²) in [6.45, 7) is 0. The number of rotatable bonds is 4. The van der Waals surface area contributed by atoms with Gasteiger partial charge in [0, 0.05) is 15.6 Å². The number of allylic oxidation sites excluding steroid dienone is 1. The lowest BCUT2D eigenvalue weighted by molar-refractivity contribution is 0.104. The minimum atomic E-state index is -0.365. The largest absolute Gasteiger partial charge is 0.457 e. The van der Waals surface area contributed by atoms with Crippen LogP contribution in [0.15, 0.2) is 75.6 Å². The Bertz CT molecular complexity index is 846. The molecule has 23 heavy (non-hydrogen) atoms. The summed E-state index contributed by atoms with van der Waals surface area (Å²) in [4.78, 5) is 12.0. The van der Waals surface area contributed by atoms with Crippen LogP contribution in [0.5, 0.6) is 0 Å². The van der Waals surface area contributed by atoms with Crippen molar-refractivity contribution in [2.75, 3.05) is 0 Å². The van der Waals surface area contributed by atoms with Gasteiger partial charge in [-0.15, -0.1) is 0 Å². The zero-order valence-corrected chi connectivity index (χ0v) is 13.6. The number of benzene rings is 2. The van der Waals surface area contributed by atoms with Crippen molar-refractivity contribution in [3.8, 4) is 11.3 Å². The van der Waals surface area contributed by atoms with Gasteiger partial charge in [-0.05, 0) is 60.7 Å². The van der Waals surface area contributed by atoms with Crippen molar-refractivity contribution < 1.29 is 13.6 Å². The van der Waals surface area contributed by atoms with Crippen molar-refractivity contribution in [1.82, 2.24) is 0 Å². The van der Waals surface area contributed by atoms with Crippen molar-refractivity contribution in [1.29, 1.82) is 0 Å². The first-order valence-corrected chi connectivity index (χ1v) is 7.75. The monoisotopic (exact) mass is 370 g/mol. The van der Waals surface area contributed by atoms with Crippen LogP contribution in [0, 0.1) is 5.82 Å². The molecule has 0 amide bonds. The highest BCUT2D eigenvalue weighted by molar-refractivity contribution is 9.10. The molecule has 0 bridgehead atoms. The van der Waals surface area contributed by atoms with Gasteiger partial charge in [-0.25, -0.2) is 4.39 Å². The van der Waals surface area contributed by atoms with Crippen molar-refractivity contribution in [2.45, 2.75) is 0 Å². The zero-order chi connectivity index (χ0) is 16.2. The average molecular weight is 371 g/mol. The van der Waals surface area contributed by atoms with Crippen LogP contribution in [0.2, 0.25) is 0 Å². The Labute approximate surface area is 141 Å². The number of carbonyl (C=O) groups excluding carboxylic acids is 1. The molecule has 0 saturated carbocycles. The molecule has 114 valence electrons. The molecule has 1 heterocycles. The molecular formula is C19H12BrFO2. The Balaban J connectivity index is 1.74. The molecule has 0 spiro atoms. The van der Waals surface area contributed by atoms with Crippen molar-refractivity contribution in [3.63, 3.8) is 0 Å². The highest BCUT2D eigenvalue weighted by Gasteiger charge is 2.05. The normalized spacial score (nSPS) is 11.0. The molecule has 0 radical (unpaired) electrons. The standard InChI is InChI=1S/C19H12BrFO2/c20-15-5-1-14(2-6-15)19-12-10-17(23-19)9-11-18(22)13-3-7-16(21)8-4-13/h1-12H. The van der Waals surface area contributed by atoms with Gasteiger partial charge >= 0.3 is 0 Å². The lowest BCUT2D eigenvalue weighted by Gasteiger charge is -1.97. The molecule has 0 N–H and O–H groups in total. The lowest BCUT2D eigenvalue weighted by atomic mass is 10.1. The van der Waals surface area contributed by atoms with E-state index in [1.165, 1.54) is 30.3 Å². The lowest BCUT2D eigenvalue weighted by Crippen LogP contribution is -1.93. The molecule has 1 aromatic heterocycles. The van der Waals surface area contributed by atoms with Crippen LogP contribution in [0.25, 0.3) is 17.4 Å². The van der Waals surface area contributed by atoms with Crippen LogP contribution in [0.4, 0.5) is 4.39 Å². The fourth-order valence-corrected chi connectivity index (χ4v) is 2.34. The Morgan fingerprint density at radius 1 is 0.957 bits per heavy atom. The maximum atomic E-state index is 12.8. The molecule has 0 aliphatic carbocycles. The quantitative estimate of drug-likeness (QED) is 0.432. The first kappa shape index (κ1) is 15.4. The number of halogens is 2. The Kier molecular flexibility index (Phi) is 4.53. The molecule has 0 saturated heterocycles. The molecule has 4 heteroatoms. The Morgan fingerprint density at radius 3 is 2.35 bits per heavy atom.